The zero-order chi connectivity index (χ0) is 51.8. The maximum absolute atomic E-state index is 13.4. The van der Waals surface area contributed by atoms with Crippen LogP contribution in [0.2, 0.25) is 0 Å². The number of methoxy groups -OCH3 is 2. The van der Waals surface area contributed by atoms with E-state index in [1.54, 1.807) is 83.9 Å². The maximum Gasteiger partial charge on any atom is 0.354 e. The molecule has 0 aliphatic rings. The predicted octanol–water partition coefficient (Wildman–Crippen LogP) is 3.18. The molecule has 0 fully saturated rings. The highest BCUT2D eigenvalue weighted by molar-refractivity contribution is 6.09. The Morgan fingerprint density at radius 1 is 0.479 bits per heavy atom. The van der Waals surface area contributed by atoms with Crippen molar-refractivity contribution >= 4 is 81.4 Å². The van der Waals surface area contributed by atoms with Gasteiger partial charge in [0.25, 0.3) is 35.4 Å². The number of anilines is 6. The number of nitrogens with one attached hydrogen (secondary N) is 7. The molecule has 0 radical (unpaired) electrons. The average Bonchev–Trinajstić information content (AvgIpc) is 4.17. The molecule has 24 nitrogen and oxygen atoms in total. The van der Waals surface area contributed by atoms with Crippen molar-refractivity contribution in [2.24, 2.45) is 42.3 Å². The summed E-state index contributed by atoms with van der Waals surface area (Å²) in [5, 5.41) is 19.2. The summed E-state index contributed by atoms with van der Waals surface area (Å²) in [5.74, 6) is -3.87. The van der Waals surface area contributed by atoms with Gasteiger partial charge in [-0.25, -0.2) is 4.79 Å². The second kappa shape index (κ2) is 22.2. The highest BCUT2D eigenvalue weighted by Crippen LogP contribution is 2.22. The van der Waals surface area contributed by atoms with E-state index in [0.717, 1.165) is 6.54 Å². The van der Waals surface area contributed by atoms with E-state index in [9.17, 15) is 38.4 Å². The Bertz CT molecular complexity index is 3010. The van der Waals surface area contributed by atoms with Gasteiger partial charge in [-0.3, -0.25) is 33.6 Å². The molecule has 0 bridgehead atoms. The number of esters is 1. The molecule has 0 spiro atoms. The van der Waals surface area contributed by atoms with Gasteiger partial charge in [0, 0.05) is 93.0 Å². The first-order valence-electron chi connectivity index (χ1n) is 22.0. The van der Waals surface area contributed by atoms with E-state index >= 15 is 0 Å². The number of aromatic nitrogens is 6. The van der Waals surface area contributed by atoms with Crippen molar-refractivity contribution in [3.8, 4) is 0 Å². The van der Waals surface area contributed by atoms with E-state index in [1.165, 1.54) is 73.6 Å². The Labute approximate surface area is 408 Å². The molecule has 0 aliphatic heterocycles. The summed E-state index contributed by atoms with van der Waals surface area (Å²) < 4.78 is 19.3. The minimum Gasteiger partial charge on any atom is -0.464 e. The number of amides is 7. The molecule has 7 N–H and O–H groups in total. The van der Waals surface area contributed by atoms with Crippen LogP contribution in [0.15, 0.2) is 73.6 Å². The number of rotatable bonds is 20. The van der Waals surface area contributed by atoms with Crippen molar-refractivity contribution in [2.45, 2.75) is 18.9 Å². The largest absolute Gasteiger partial charge is 0.464 e. The van der Waals surface area contributed by atoms with Crippen LogP contribution < -0.4 is 37.2 Å². The molecule has 24 heteroatoms. The molecule has 6 aromatic heterocycles. The van der Waals surface area contributed by atoms with Gasteiger partial charge >= 0.3 is 5.97 Å². The first-order valence-corrected chi connectivity index (χ1v) is 22.0. The molecule has 0 saturated carbocycles. The topological polar surface area (TPSA) is 272 Å². The standard InChI is InChI=1S/C47H58N14O10/c1-55(2)13-11-12-40(62)49-27-14-34(57(4)21-27)42(64)51-29-16-35(58(5)23-29)43(65)50-28-15-33(56(3)22-28)41(63)48-20-39(70-9)46(68)54-31-18-37(60(7)25-31)44(66)52-30-17-36(59(6)24-30)45(67)53-32-19-38(47(69)71-10)61(8)26-32/h14-19,21-26,39H,11-13,20H2,1-10H3,(H,48,63)(H,49,62)(H,50,65)(H,51,64)(H,52,66)(H,53,67)(H,54,68)/t39-/m1/s1. The molecule has 0 aliphatic carbocycles. The van der Waals surface area contributed by atoms with Crippen LogP contribution in [0.5, 0.6) is 0 Å². The molecule has 6 aromatic rings. The van der Waals surface area contributed by atoms with Gasteiger partial charge in [-0.1, -0.05) is 0 Å². The van der Waals surface area contributed by atoms with Crippen LogP contribution in [0.4, 0.5) is 34.1 Å². The smallest absolute Gasteiger partial charge is 0.354 e. The molecule has 0 saturated heterocycles. The van der Waals surface area contributed by atoms with Gasteiger partial charge in [-0.05, 0) is 63.5 Å². The fourth-order valence-corrected chi connectivity index (χ4v) is 7.58. The number of hydrogen-bond acceptors (Lipinski definition) is 11. The molecule has 0 unspecified atom stereocenters. The molecular formula is C47H58N14O10. The molecule has 376 valence electrons. The van der Waals surface area contributed by atoms with E-state index in [0.29, 0.717) is 47.0 Å². The number of aryl methyl sites for hydroxylation is 6. The van der Waals surface area contributed by atoms with Gasteiger partial charge in [0.1, 0.15) is 34.2 Å². The second-order valence-electron chi connectivity index (χ2n) is 17.0. The number of carbonyl (C=O) groups is 8. The summed E-state index contributed by atoms with van der Waals surface area (Å²) in [6.45, 7) is 0.540. The van der Waals surface area contributed by atoms with Crippen molar-refractivity contribution in [1.82, 2.24) is 37.6 Å². The van der Waals surface area contributed by atoms with Crippen LogP contribution in [0, 0.1) is 0 Å². The van der Waals surface area contributed by atoms with Crippen molar-refractivity contribution < 1.29 is 47.8 Å². The van der Waals surface area contributed by atoms with Gasteiger partial charge in [0.15, 0.2) is 6.10 Å². The lowest BCUT2D eigenvalue weighted by Crippen LogP contribution is -2.41. The molecule has 6 heterocycles. The summed E-state index contributed by atoms with van der Waals surface area (Å²) in [6, 6.07) is 8.96. The SMILES string of the molecule is COC(=O)c1cc(NC(=O)c2cc(NC(=O)c3cc(NC(=O)[C@@H](CNC(=O)c4cc(NC(=O)c5cc(NC(=O)c6cc(NC(=O)CCCN(C)C)cn6C)cn5C)cn4C)OC)cn3C)cn2C)cn1C. The lowest BCUT2D eigenvalue weighted by Gasteiger charge is -2.15. The van der Waals surface area contributed by atoms with Gasteiger partial charge in [-0.15, -0.1) is 0 Å². The number of nitrogens with zero attached hydrogens (tertiary/aromatic N) is 7. The maximum atomic E-state index is 13.4. The van der Waals surface area contributed by atoms with Gasteiger partial charge in [-0.2, -0.15) is 0 Å². The molecule has 7 amide bonds. The number of hydrogen-bond donors (Lipinski definition) is 7. The zero-order valence-corrected chi connectivity index (χ0v) is 41.0. The molecule has 0 aromatic carbocycles. The summed E-state index contributed by atoms with van der Waals surface area (Å²) in [4.78, 5) is 106. The third-order valence-electron chi connectivity index (χ3n) is 11.2. The van der Waals surface area contributed by atoms with E-state index in [-0.39, 0.29) is 46.6 Å². The van der Waals surface area contributed by atoms with E-state index in [1.807, 2.05) is 19.0 Å². The van der Waals surface area contributed by atoms with Crippen LogP contribution in [0.1, 0.15) is 75.8 Å². The van der Waals surface area contributed by atoms with E-state index in [4.69, 9.17) is 9.47 Å². The molecular weight excluding hydrogens is 921 g/mol. The lowest BCUT2D eigenvalue weighted by molar-refractivity contribution is -0.125. The second-order valence-corrected chi connectivity index (χ2v) is 17.0. The van der Waals surface area contributed by atoms with Crippen molar-refractivity contribution in [1.29, 1.82) is 0 Å². The Hall–Kier alpha value is -8.64. The Morgan fingerprint density at radius 3 is 1.15 bits per heavy atom. The minimum atomic E-state index is -1.15. The quantitative estimate of drug-likeness (QED) is 0.0546. The summed E-state index contributed by atoms with van der Waals surface area (Å²) in [5.41, 5.74) is 3.42. The first-order chi connectivity index (χ1) is 33.6. The normalized spacial score (nSPS) is 11.5. The zero-order valence-electron chi connectivity index (χ0n) is 41.0. The summed E-state index contributed by atoms with van der Waals surface area (Å²) >= 11 is 0. The fraction of sp³-hybridized carbons (Fsp3) is 0.319. The molecule has 1 atom stereocenters. The van der Waals surface area contributed by atoms with Gasteiger partial charge < -0.3 is 79.0 Å². The predicted molar refractivity (Wildman–Crippen MR) is 264 cm³/mol. The number of carbonyl (C=O) groups excluding carboxylic acids is 8. The highest BCUT2D eigenvalue weighted by Gasteiger charge is 2.24. The summed E-state index contributed by atoms with van der Waals surface area (Å²) in [6.07, 6.45) is 9.30. The van der Waals surface area contributed by atoms with Crippen molar-refractivity contribution in [3.05, 3.63) is 108 Å². The third kappa shape index (κ3) is 12.7. The van der Waals surface area contributed by atoms with Gasteiger partial charge in [0.05, 0.1) is 47.8 Å². The van der Waals surface area contributed by atoms with Crippen LogP contribution in [0.25, 0.3) is 0 Å². The Kier molecular flexibility index (Phi) is 16.2. The van der Waals surface area contributed by atoms with E-state index < -0.39 is 47.5 Å². The third-order valence-corrected chi connectivity index (χ3v) is 11.2. The van der Waals surface area contributed by atoms with Crippen LogP contribution in [-0.2, 0) is 61.3 Å². The fourth-order valence-electron chi connectivity index (χ4n) is 7.58. The van der Waals surface area contributed by atoms with Gasteiger partial charge in [0.2, 0.25) is 5.91 Å². The molecule has 6 rings (SSSR count). The first kappa shape index (κ1) is 51.7. The average molecular weight is 979 g/mol. The van der Waals surface area contributed by atoms with E-state index in [2.05, 4.69) is 37.2 Å². The summed E-state index contributed by atoms with van der Waals surface area (Å²) in [7, 11) is 16.3. The monoisotopic (exact) mass is 978 g/mol. The lowest BCUT2D eigenvalue weighted by atomic mass is 10.3. The van der Waals surface area contributed by atoms with Crippen molar-refractivity contribution in [3.63, 3.8) is 0 Å². The van der Waals surface area contributed by atoms with Crippen LogP contribution in [-0.4, -0.2) is 127 Å². The molecule has 71 heavy (non-hydrogen) atoms. The highest BCUT2D eigenvalue weighted by atomic mass is 16.5. The van der Waals surface area contributed by atoms with Crippen molar-refractivity contribution in [2.75, 3.05) is 73.3 Å². The van der Waals surface area contributed by atoms with Crippen LogP contribution >= 0.6 is 0 Å². The Balaban J connectivity index is 0.987. The minimum absolute atomic E-state index is 0.155. The Morgan fingerprint density at radius 2 is 0.803 bits per heavy atom. The van der Waals surface area contributed by atoms with Crippen LogP contribution in [0.3, 0.4) is 0 Å². The number of ether oxygens (including phenoxy) is 2.